The third-order valence-corrected chi connectivity index (χ3v) is 5.98. The minimum atomic E-state index is 0.435. The second-order valence-corrected chi connectivity index (χ2v) is 7.44. The summed E-state index contributed by atoms with van der Waals surface area (Å²) in [4.78, 5) is 2.59. The molecule has 2 heterocycles. The molecule has 2 saturated carbocycles. The zero-order valence-electron chi connectivity index (χ0n) is 13.0. The summed E-state index contributed by atoms with van der Waals surface area (Å²) >= 11 is 0. The van der Waals surface area contributed by atoms with Crippen molar-refractivity contribution in [2.24, 2.45) is 17.6 Å². The highest BCUT2D eigenvalue weighted by Gasteiger charge is 2.38. The van der Waals surface area contributed by atoms with E-state index in [2.05, 4.69) is 21.8 Å². The van der Waals surface area contributed by atoms with Gasteiger partial charge in [0, 0.05) is 31.9 Å². The Balaban J connectivity index is 1.38. The second kappa shape index (κ2) is 5.73. The van der Waals surface area contributed by atoms with Crippen LogP contribution in [0.25, 0.3) is 0 Å². The first-order valence-electron chi connectivity index (χ1n) is 8.81. The molecule has 0 bridgehead atoms. The summed E-state index contributed by atoms with van der Waals surface area (Å²) in [5.41, 5.74) is 7.56. The van der Waals surface area contributed by atoms with Gasteiger partial charge in [0.25, 0.3) is 0 Å². The molecule has 4 heteroatoms. The van der Waals surface area contributed by atoms with Crippen LogP contribution >= 0.6 is 0 Å². The Morgan fingerprint density at radius 2 is 1.95 bits per heavy atom. The molecule has 0 spiro atoms. The maximum atomic E-state index is 6.32. The predicted molar refractivity (Wildman–Crippen MR) is 83.8 cm³/mol. The van der Waals surface area contributed by atoms with Crippen molar-refractivity contribution in [1.29, 1.82) is 0 Å². The highest BCUT2D eigenvalue weighted by atomic mass is 15.3. The Hall–Kier alpha value is -0.870. The van der Waals surface area contributed by atoms with Crippen LogP contribution in [0.4, 0.5) is 0 Å². The van der Waals surface area contributed by atoms with Crippen LogP contribution in [-0.4, -0.2) is 33.8 Å². The van der Waals surface area contributed by atoms with Gasteiger partial charge in [-0.2, -0.15) is 5.10 Å². The fourth-order valence-electron chi connectivity index (χ4n) is 4.80. The van der Waals surface area contributed by atoms with Crippen LogP contribution in [0.5, 0.6) is 0 Å². The van der Waals surface area contributed by atoms with Gasteiger partial charge < -0.3 is 5.73 Å². The molecule has 3 aliphatic rings. The zero-order chi connectivity index (χ0) is 14.2. The lowest BCUT2D eigenvalue weighted by atomic mass is 9.78. The first-order valence-corrected chi connectivity index (χ1v) is 8.81. The highest BCUT2D eigenvalue weighted by Crippen LogP contribution is 2.36. The van der Waals surface area contributed by atoms with Gasteiger partial charge >= 0.3 is 0 Å². The van der Waals surface area contributed by atoms with Gasteiger partial charge in [-0.1, -0.05) is 19.3 Å². The fraction of sp³-hybridized carbons (Fsp3) is 0.824. The van der Waals surface area contributed by atoms with Crippen LogP contribution in [0.2, 0.25) is 0 Å². The van der Waals surface area contributed by atoms with Gasteiger partial charge in [-0.05, 0) is 43.6 Å². The largest absolute Gasteiger partial charge is 0.327 e. The number of aromatic nitrogens is 2. The van der Waals surface area contributed by atoms with Crippen molar-refractivity contribution in [2.45, 2.75) is 63.6 Å². The van der Waals surface area contributed by atoms with Gasteiger partial charge in [-0.25, -0.2) is 0 Å². The van der Waals surface area contributed by atoms with E-state index in [0.29, 0.717) is 12.1 Å². The summed E-state index contributed by atoms with van der Waals surface area (Å²) < 4.78 is 2.22. The monoisotopic (exact) mass is 288 g/mol. The van der Waals surface area contributed by atoms with Crippen LogP contribution in [0.15, 0.2) is 12.3 Å². The third-order valence-electron chi connectivity index (χ3n) is 5.98. The molecule has 116 valence electrons. The number of nitrogens with zero attached hydrogens (tertiary/aromatic N) is 3. The van der Waals surface area contributed by atoms with Crippen molar-refractivity contribution in [1.82, 2.24) is 14.7 Å². The predicted octanol–water partition coefficient (Wildman–Crippen LogP) is 2.56. The fourth-order valence-corrected chi connectivity index (χ4v) is 4.80. The molecule has 1 saturated heterocycles. The molecule has 3 fully saturated rings. The van der Waals surface area contributed by atoms with E-state index in [1.54, 1.807) is 0 Å². The molecular weight excluding hydrogens is 260 g/mol. The van der Waals surface area contributed by atoms with E-state index in [-0.39, 0.29) is 0 Å². The summed E-state index contributed by atoms with van der Waals surface area (Å²) in [5.74, 6) is 1.57. The maximum absolute atomic E-state index is 6.32. The smallest absolute Gasteiger partial charge is 0.0764 e. The molecule has 0 aromatic carbocycles. The second-order valence-electron chi connectivity index (χ2n) is 7.44. The number of fused-ring (bicyclic) bond motifs is 1. The van der Waals surface area contributed by atoms with Crippen LogP contribution in [-0.2, 0) is 6.54 Å². The average molecular weight is 288 g/mol. The molecule has 1 aromatic rings. The van der Waals surface area contributed by atoms with E-state index < -0.39 is 0 Å². The highest BCUT2D eigenvalue weighted by molar-refractivity contribution is 5.02. The Bertz CT molecular complexity index is 477. The third kappa shape index (κ3) is 2.76. The Labute approximate surface area is 127 Å². The lowest BCUT2D eigenvalue weighted by molar-refractivity contribution is 0.259. The number of nitrogens with two attached hydrogens (primary N) is 1. The number of hydrogen-bond donors (Lipinski definition) is 1. The van der Waals surface area contributed by atoms with Crippen molar-refractivity contribution >= 4 is 0 Å². The molecule has 21 heavy (non-hydrogen) atoms. The van der Waals surface area contributed by atoms with Crippen molar-refractivity contribution in [3.05, 3.63) is 18.0 Å². The summed E-state index contributed by atoms with van der Waals surface area (Å²) in [6, 6.07) is 3.32. The van der Waals surface area contributed by atoms with Crippen LogP contribution in [0.1, 0.15) is 56.7 Å². The Morgan fingerprint density at radius 1 is 1.10 bits per heavy atom. The maximum Gasteiger partial charge on any atom is 0.0764 e. The molecular formula is C17H28N4. The summed E-state index contributed by atoms with van der Waals surface area (Å²) in [7, 11) is 0. The molecule has 3 atom stereocenters. The zero-order valence-corrected chi connectivity index (χ0v) is 13.0. The molecule has 2 N–H and O–H groups in total. The SMILES string of the molecule is NC1CCCC2CN(Cc3ccn(C4CCCC4)n3)CC12. The Kier molecular flexibility index (Phi) is 3.76. The first-order chi connectivity index (χ1) is 10.3. The summed E-state index contributed by atoms with van der Waals surface area (Å²) in [6.07, 6.45) is 11.5. The minimum absolute atomic E-state index is 0.435. The van der Waals surface area contributed by atoms with Gasteiger partial charge in [-0.15, -0.1) is 0 Å². The van der Waals surface area contributed by atoms with Crippen molar-refractivity contribution in [2.75, 3.05) is 13.1 Å². The van der Waals surface area contributed by atoms with E-state index in [0.717, 1.165) is 18.4 Å². The van der Waals surface area contributed by atoms with E-state index in [4.69, 9.17) is 10.8 Å². The molecule has 4 nitrogen and oxygen atoms in total. The average Bonchev–Trinajstić information content (AvgIpc) is 3.18. The molecule has 3 unspecified atom stereocenters. The molecule has 1 aromatic heterocycles. The van der Waals surface area contributed by atoms with E-state index in [1.165, 1.54) is 63.7 Å². The standard InChI is InChI=1S/C17H28N4/c18-17-7-3-4-13-10-20(12-16(13)17)11-14-8-9-21(19-14)15-5-1-2-6-15/h8-9,13,15-17H,1-7,10-12,18H2. The first kappa shape index (κ1) is 13.8. The van der Waals surface area contributed by atoms with Gasteiger partial charge in [0.15, 0.2) is 0 Å². The quantitative estimate of drug-likeness (QED) is 0.930. The Morgan fingerprint density at radius 3 is 2.76 bits per heavy atom. The van der Waals surface area contributed by atoms with Crippen molar-refractivity contribution < 1.29 is 0 Å². The van der Waals surface area contributed by atoms with E-state index >= 15 is 0 Å². The topological polar surface area (TPSA) is 47.1 Å². The molecule has 0 amide bonds. The normalized spacial score (nSPS) is 34.4. The molecule has 2 aliphatic carbocycles. The number of rotatable bonds is 3. The van der Waals surface area contributed by atoms with Gasteiger partial charge in [0.05, 0.1) is 11.7 Å². The number of likely N-dealkylation sites (tertiary alicyclic amines) is 1. The van der Waals surface area contributed by atoms with Crippen molar-refractivity contribution in [3.8, 4) is 0 Å². The van der Waals surface area contributed by atoms with Gasteiger partial charge in [0.2, 0.25) is 0 Å². The van der Waals surface area contributed by atoms with Gasteiger partial charge in [-0.3, -0.25) is 9.58 Å². The van der Waals surface area contributed by atoms with Crippen LogP contribution in [0, 0.1) is 11.8 Å². The van der Waals surface area contributed by atoms with Gasteiger partial charge in [0.1, 0.15) is 0 Å². The minimum Gasteiger partial charge on any atom is -0.327 e. The lowest BCUT2D eigenvalue weighted by Gasteiger charge is -2.29. The van der Waals surface area contributed by atoms with Crippen molar-refractivity contribution in [3.63, 3.8) is 0 Å². The lowest BCUT2D eigenvalue weighted by Crippen LogP contribution is -2.38. The summed E-state index contributed by atoms with van der Waals surface area (Å²) in [5, 5.41) is 4.84. The molecule has 1 aliphatic heterocycles. The van der Waals surface area contributed by atoms with E-state index in [9.17, 15) is 0 Å². The summed E-state index contributed by atoms with van der Waals surface area (Å²) in [6.45, 7) is 3.43. The number of hydrogen-bond acceptors (Lipinski definition) is 3. The van der Waals surface area contributed by atoms with Crippen LogP contribution < -0.4 is 5.73 Å². The molecule has 4 rings (SSSR count). The van der Waals surface area contributed by atoms with E-state index in [1.807, 2.05) is 0 Å². The van der Waals surface area contributed by atoms with Crippen LogP contribution in [0.3, 0.4) is 0 Å². The molecule has 0 radical (unpaired) electrons.